The number of rotatable bonds is 6. The highest BCUT2D eigenvalue weighted by Crippen LogP contribution is 2.24. The molecule has 0 saturated carbocycles. The Morgan fingerprint density at radius 3 is 1.96 bits per heavy atom. The first kappa shape index (κ1) is 20.5. The third kappa shape index (κ3) is 4.25. The molecule has 0 aliphatic rings. The summed E-state index contributed by atoms with van der Waals surface area (Å²) in [5.74, 6) is 0. The molecule has 0 amide bonds. The van der Waals surface area contributed by atoms with Gasteiger partial charge in [-0.2, -0.15) is 0 Å². The molecule has 3 aromatic rings. The predicted molar refractivity (Wildman–Crippen MR) is 110 cm³/mol. The minimum atomic E-state index is -3.84. The fourth-order valence-electron chi connectivity index (χ4n) is 2.42. The van der Waals surface area contributed by atoms with E-state index in [4.69, 9.17) is 0 Å². The zero-order valence-corrected chi connectivity index (χ0v) is 17.9. The molecule has 0 bridgehead atoms. The fourth-order valence-corrected chi connectivity index (χ4v) is 5.00. The van der Waals surface area contributed by atoms with Gasteiger partial charge in [0.05, 0.1) is 20.5 Å². The molecule has 1 N–H and O–H groups in total. The van der Waals surface area contributed by atoms with Crippen LogP contribution in [0.5, 0.6) is 0 Å². The summed E-state index contributed by atoms with van der Waals surface area (Å²) in [5, 5.41) is 2.90. The zero-order valence-electron chi connectivity index (χ0n) is 15.4. The molecule has 0 atom stereocenters. The largest absolute Gasteiger partial charge is 0.280 e. The van der Waals surface area contributed by atoms with E-state index in [-0.39, 0.29) is 9.79 Å². The molecule has 0 radical (unpaired) electrons. The number of benzene rings is 2. The lowest BCUT2D eigenvalue weighted by Crippen LogP contribution is -2.22. The second kappa shape index (κ2) is 7.63. The first-order valence-corrected chi connectivity index (χ1v) is 12.0. The van der Waals surface area contributed by atoms with Gasteiger partial charge >= 0.3 is 0 Å². The number of thiazole rings is 1. The second-order valence-electron chi connectivity index (χ2n) is 6.19. The molecule has 28 heavy (non-hydrogen) atoms. The summed E-state index contributed by atoms with van der Waals surface area (Å²) in [6.45, 7) is 1.92. The van der Waals surface area contributed by atoms with E-state index in [1.165, 1.54) is 38.4 Å². The van der Waals surface area contributed by atoms with E-state index in [2.05, 4.69) is 9.71 Å². The fraction of sp³-hybridized carbons (Fsp3) is 0.167. The van der Waals surface area contributed by atoms with Gasteiger partial charge in [-0.15, -0.1) is 11.3 Å². The monoisotopic (exact) mass is 437 g/mol. The number of nitrogens with one attached hydrogen (secondary N) is 1. The molecule has 0 aliphatic carbocycles. The highest BCUT2D eigenvalue weighted by molar-refractivity contribution is 7.92. The number of aromatic nitrogens is 1. The van der Waals surface area contributed by atoms with E-state index < -0.39 is 20.0 Å². The van der Waals surface area contributed by atoms with Crippen LogP contribution in [0.4, 0.5) is 5.69 Å². The standard InChI is InChI=1S/C18H19N3O4S3/c1-13-19-18(12-26-13)14-4-6-15(7-5-14)20-27(22,23)16-8-10-17(11-9-16)28(24,25)21(2)3/h4-12,20H,1-3H3. The van der Waals surface area contributed by atoms with Crippen LogP contribution in [0, 0.1) is 6.92 Å². The van der Waals surface area contributed by atoms with Crippen molar-refractivity contribution < 1.29 is 16.8 Å². The molecule has 1 aromatic heterocycles. The molecular formula is C18H19N3O4S3. The molecule has 2 aromatic carbocycles. The normalized spacial score (nSPS) is 12.3. The van der Waals surface area contributed by atoms with Crippen LogP contribution in [0.25, 0.3) is 11.3 Å². The van der Waals surface area contributed by atoms with Crippen LogP contribution in [0.1, 0.15) is 5.01 Å². The maximum atomic E-state index is 12.6. The Balaban J connectivity index is 1.80. The summed E-state index contributed by atoms with van der Waals surface area (Å²) >= 11 is 1.55. The van der Waals surface area contributed by atoms with Crippen LogP contribution in [0.2, 0.25) is 0 Å². The van der Waals surface area contributed by atoms with Gasteiger partial charge in [0.2, 0.25) is 10.0 Å². The SMILES string of the molecule is Cc1nc(-c2ccc(NS(=O)(=O)c3ccc(S(=O)(=O)N(C)C)cc3)cc2)cs1. The average molecular weight is 438 g/mol. The van der Waals surface area contributed by atoms with E-state index in [0.717, 1.165) is 20.6 Å². The van der Waals surface area contributed by atoms with Crippen molar-refractivity contribution >= 4 is 37.1 Å². The van der Waals surface area contributed by atoms with Gasteiger partial charge in [-0.1, -0.05) is 12.1 Å². The molecule has 7 nitrogen and oxygen atoms in total. The number of aryl methyl sites for hydroxylation is 1. The van der Waals surface area contributed by atoms with Crippen molar-refractivity contribution in [1.82, 2.24) is 9.29 Å². The van der Waals surface area contributed by atoms with Crippen LogP contribution >= 0.6 is 11.3 Å². The first-order chi connectivity index (χ1) is 13.1. The molecule has 0 saturated heterocycles. The van der Waals surface area contributed by atoms with Gasteiger partial charge in [0.25, 0.3) is 10.0 Å². The van der Waals surface area contributed by atoms with Crippen LogP contribution in [0.3, 0.4) is 0 Å². The van der Waals surface area contributed by atoms with E-state index in [9.17, 15) is 16.8 Å². The van der Waals surface area contributed by atoms with Crippen LogP contribution in [-0.4, -0.2) is 40.2 Å². The van der Waals surface area contributed by atoms with Gasteiger partial charge in [-0.05, 0) is 43.3 Å². The van der Waals surface area contributed by atoms with Gasteiger partial charge in [0, 0.05) is 30.7 Å². The lowest BCUT2D eigenvalue weighted by Gasteiger charge is -2.12. The van der Waals surface area contributed by atoms with Gasteiger partial charge in [-0.3, -0.25) is 4.72 Å². The van der Waals surface area contributed by atoms with Crippen molar-refractivity contribution in [2.24, 2.45) is 0 Å². The molecule has 0 unspecified atom stereocenters. The van der Waals surface area contributed by atoms with Crippen molar-refractivity contribution in [2.75, 3.05) is 18.8 Å². The van der Waals surface area contributed by atoms with Gasteiger partial charge in [0.1, 0.15) is 0 Å². The minimum Gasteiger partial charge on any atom is -0.280 e. The van der Waals surface area contributed by atoms with Gasteiger partial charge < -0.3 is 0 Å². The quantitative estimate of drug-likeness (QED) is 0.639. The topological polar surface area (TPSA) is 96.4 Å². The van der Waals surface area contributed by atoms with Gasteiger partial charge in [-0.25, -0.2) is 26.1 Å². The molecule has 0 fully saturated rings. The summed E-state index contributed by atoms with van der Waals surface area (Å²) in [4.78, 5) is 4.40. The van der Waals surface area contributed by atoms with E-state index in [1.54, 1.807) is 35.6 Å². The number of nitrogens with zero attached hydrogens (tertiary/aromatic N) is 2. The Morgan fingerprint density at radius 1 is 0.893 bits per heavy atom. The van der Waals surface area contributed by atoms with Crippen LogP contribution in [-0.2, 0) is 20.0 Å². The van der Waals surface area contributed by atoms with Gasteiger partial charge in [0.15, 0.2) is 0 Å². The van der Waals surface area contributed by atoms with Crippen LogP contribution in [0.15, 0.2) is 63.7 Å². The summed E-state index contributed by atoms with van der Waals surface area (Å²) in [6.07, 6.45) is 0. The maximum Gasteiger partial charge on any atom is 0.261 e. The number of anilines is 1. The average Bonchev–Trinajstić information content (AvgIpc) is 3.08. The molecule has 10 heteroatoms. The number of sulfonamides is 2. The summed E-state index contributed by atoms with van der Waals surface area (Å²) in [5.41, 5.74) is 2.14. The lowest BCUT2D eigenvalue weighted by molar-refractivity contribution is 0.520. The molecule has 0 spiro atoms. The summed E-state index contributed by atoms with van der Waals surface area (Å²) in [6, 6.07) is 12.0. The Bertz CT molecular complexity index is 1180. The smallest absolute Gasteiger partial charge is 0.261 e. The predicted octanol–water partition coefficient (Wildman–Crippen LogP) is 3.17. The molecule has 3 rings (SSSR count). The molecular weight excluding hydrogens is 418 g/mol. The third-order valence-corrected chi connectivity index (χ3v) is 7.96. The third-order valence-electron chi connectivity index (χ3n) is 3.96. The Morgan fingerprint density at radius 2 is 1.46 bits per heavy atom. The minimum absolute atomic E-state index is 0.0237. The zero-order chi connectivity index (χ0) is 20.5. The Labute approximate surface area is 168 Å². The Hall–Kier alpha value is -2.27. The molecule has 148 valence electrons. The number of hydrogen-bond donors (Lipinski definition) is 1. The van der Waals surface area contributed by atoms with Crippen molar-refractivity contribution in [3.63, 3.8) is 0 Å². The summed E-state index contributed by atoms with van der Waals surface area (Å²) in [7, 11) is -4.63. The van der Waals surface area contributed by atoms with E-state index in [1.807, 2.05) is 12.3 Å². The van der Waals surface area contributed by atoms with Crippen molar-refractivity contribution in [3.8, 4) is 11.3 Å². The molecule has 1 heterocycles. The van der Waals surface area contributed by atoms with Crippen molar-refractivity contribution in [2.45, 2.75) is 16.7 Å². The lowest BCUT2D eigenvalue weighted by atomic mass is 10.1. The maximum absolute atomic E-state index is 12.6. The highest BCUT2D eigenvalue weighted by atomic mass is 32.2. The second-order valence-corrected chi connectivity index (χ2v) is 11.1. The Kier molecular flexibility index (Phi) is 5.57. The summed E-state index contributed by atoms with van der Waals surface area (Å²) < 4.78 is 52.9. The molecule has 0 aliphatic heterocycles. The van der Waals surface area contributed by atoms with Crippen molar-refractivity contribution in [1.29, 1.82) is 0 Å². The van der Waals surface area contributed by atoms with E-state index >= 15 is 0 Å². The van der Waals surface area contributed by atoms with E-state index in [0.29, 0.717) is 5.69 Å². The highest BCUT2D eigenvalue weighted by Gasteiger charge is 2.19. The van der Waals surface area contributed by atoms with Crippen molar-refractivity contribution in [3.05, 3.63) is 58.9 Å². The number of hydrogen-bond acceptors (Lipinski definition) is 6. The first-order valence-electron chi connectivity index (χ1n) is 8.17. The van der Waals surface area contributed by atoms with Crippen LogP contribution < -0.4 is 4.72 Å².